The fourth-order valence-corrected chi connectivity index (χ4v) is 10.2. The second kappa shape index (κ2) is 11.4. The number of halogens is 1. The Kier molecular flexibility index (Phi) is 8.39. The van der Waals surface area contributed by atoms with E-state index in [-0.39, 0.29) is 17.6 Å². The van der Waals surface area contributed by atoms with Crippen molar-refractivity contribution in [2.75, 3.05) is 6.61 Å². The van der Waals surface area contributed by atoms with Gasteiger partial charge in [0.15, 0.2) is 12.3 Å². The van der Waals surface area contributed by atoms with E-state index in [1.54, 1.807) is 0 Å². The first-order chi connectivity index (χ1) is 18.5. The van der Waals surface area contributed by atoms with Gasteiger partial charge in [-0.3, -0.25) is 19.1 Å². The van der Waals surface area contributed by atoms with Crippen LogP contribution in [-0.2, 0) is 18.7 Å². The van der Waals surface area contributed by atoms with Crippen molar-refractivity contribution in [1.82, 2.24) is 9.55 Å². The number of esters is 1. The Morgan fingerprint density at radius 3 is 2.10 bits per heavy atom. The van der Waals surface area contributed by atoms with Gasteiger partial charge in [-0.2, -0.15) is 4.39 Å². The highest BCUT2D eigenvalue weighted by atomic mass is 28.4. The first kappa shape index (κ1) is 28.7. The van der Waals surface area contributed by atoms with Gasteiger partial charge in [0.05, 0.1) is 18.9 Å². The van der Waals surface area contributed by atoms with Crippen LogP contribution in [0.1, 0.15) is 47.3 Å². The normalized spacial score (nSPS) is 21.6. The summed E-state index contributed by atoms with van der Waals surface area (Å²) >= 11 is 0. The summed E-state index contributed by atoms with van der Waals surface area (Å²) in [5, 5.41) is 1.92. The first-order valence-electron chi connectivity index (χ1n) is 13.1. The Hall–Kier alpha value is -3.34. The lowest BCUT2D eigenvalue weighted by atomic mass is 9.95. The van der Waals surface area contributed by atoms with Gasteiger partial charge in [-0.15, -0.1) is 0 Å². The van der Waals surface area contributed by atoms with E-state index in [1.165, 1.54) is 6.92 Å². The number of benzene rings is 2. The van der Waals surface area contributed by atoms with E-state index in [0.29, 0.717) is 6.42 Å². The van der Waals surface area contributed by atoms with Crippen molar-refractivity contribution in [3.05, 3.63) is 93.5 Å². The number of rotatable bonds is 8. The number of aromatic nitrogens is 2. The van der Waals surface area contributed by atoms with Crippen molar-refractivity contribution in [2.45, 2.75) is 64.5 Å². The monoisotopic (exact) mass is 554 g/mol. The molecule has 4 atom stereocenters. The van der Waals surface area contributed by atoms with Gasteiger partial charge in [0.1, 0.15) is 0 Å². The molecular weight excluding hydrogens is 519 g/mol. The number of nitrogens with zero attached hydrogens (tertiary/aromatic N) is 1. The summed E-state index contributed by atoms with van der Waals surface area (Å²) in [6.45, 7) is 9.85. The number of carbonyl (C=O) groups is 1. The maximum Gasteiger partial charge on any atom is 0.330 e. The topological polar surface area (TPSA) is 99.6 Å². The van der Waals surface area contributed by atoms with Gasteiger partial charge in [0, 0.05) is 12.8 Å². The molecule has 0 saturated carbocycles. The Balaban J connectivity index is 1.76. The molecule has 1 N–H and O–H groups in total. The van der Waals surface area contributed by atoms with Crippen LogP contribution in [0.3, 0.4) is 0 Å². The third-order valence-corrected chi connectivity index (χ3v) is 12.4. The predicted octanol–water partition coefficient (Wildman–Crippen LogP) is 3.11. The number of carbonyl (C=O) groups excluding carboxylic acids is 1. The fourth-order valence-electron chi connectivity index (χ4n) is 5.62. The number of nitrogens with one attached hydrogen (secondary N) is 1. The maximum absolute atomic E-state index is 14.2. The Morgan fingerprint density at radius 2 is 1.62 bits per heavy atom. The highest BCUT2D eigenvalue weighted by Crippen LogP contribution is 2.41. The van der Waals surface area contributed by atoms with Crippen LogP contribution in [0.25, 0.3) is 0 Å². The lowest BCUT2D eigenvalue weighted by Crippen LogP contribution is -2.67. The highest BCUT2D eigenvalue weighted by molar-refractivity contribution is 6.99. The molecule has 0 aliphatic carbocycles. The molecule has 0 unspecified atom stereocenters. The Labute approximate surface area is 227 Å². The number of aromatic amines is 1. The van der Waals surface area contributed by atoms with Crippen molar-refractivity contribution < 1.29 is 23.1 Å². The molecular formula is C29H35FN2O6Si. The molecule has 39 heavy (non-hydrogen) atoms. The quantitative estimate of drug-likeness (QED) is 0.339. The van der Waals surface area contributed by atoms with Crippen molar-refractivity contribution >= 4 is 24.7 Å². The zero-order chi connectivity index (χ0) is 28.4. The van der Waals surface area contributed by atoms with Gasteiger partial charge in [0.25, 0.3) is 13.9 Å². The summed E-state index contributed by atoms with van der Waals surface area (Å²) in [6, 6.07) is 20.3. The van der Waals surface area contributed by atoms with Crippen LogP contribution in [-0.4, -0.2) is 42.7 Å². The Morgan fingerprint density at radius 1 is 1.05 bits per heavy atom. The molecule has 1 aliphatic heterocycles. The van der Waals surface area contributed by atoms with Crippen molar-refractivity contribution in [3.63, 3.8) is 0 Å². The molecule has 0 spiro atoms. The van der Waals surface area contributed by atoms with Crippen LogP contribution < -0.4 is 21.6 Å². The molecule has 1 saturated heterocycles. The van der Waals surface area contributed by atoms with Gasteiger partial charge >= 0.3 is 11.7 Å². The maximum atomic E-state index is 14.2. The van der Waals surface area contributed by atoms with Gasteiger partial charge in [0.2, 0.25) is 5.82 Å². The summed E-state index contributed by atoms with van der Waals surface area (Å²) in [5.41, 5.74) is -1.98. The fraction of sp³-hybridized carbons (Fsp3) is 0.414. The van der Waals surface area contributed by atoms with Crippen molar-refractivity contribution in [3.8, 4) is 0 Å². The van der Waals surface area contributed by atoms with Gasteiger partial charge < -0.3 is 13.9 Å². The first-order valence-corrected chi connectivity index (χ1v) is 15.0. The van der Waals surface area contributed by atoms with E-state index < -0.39 is 49.8 Å². The van der Waals surface area contributed by atoms with Crippen LogP contribution in [0.4, 0.5) is 4.39 Å². The van der Waals surface area contributed by atoms with Crippen LogP contribution in [0.2, 0.25) is 5.04 Å². The standard InChI is InChI=1S/C29H35FN2O6Si/c1-6-22-24(38-27(25(22)37-19(2)33)32-17-23(30)26(34)31-28(32)35)18-36-39(29(3,4)5,20-13-9-7-10-14-20)21-15-11-8-12-16-21/h7-17,22,24-25,27H,6,18H2,1-5H3,(H,31,34,35)/t22-,24-,25-,27-/m1/s1. The highest BCUT2D eigenvalue weighted by Gasteiger charge is 2.53. The van der Waals surface area contributed by atoms with E-state index in [4.69, 9.17) is 13.9 Å². The molecule has 0 radical (unpaired) electrons. The number of ether oxygens (including phenoxy) is 2. The molecule has 1 aliphatic rings. The summed E-state index contributed by atoms with van der Waals surface area (Å²) in [4.78, 5) is 38.3. The second-order valence-corrected chi connectivity index (χ2v) is 15.1. The molecule has 0 bridgehead atoms. The number of hydrogen-bond acceptors (Lipinski definition) is 6. The van der Waals surface area contributed by atoms with E-state index in [1.807, 2.05) is 48.3 Å². The molecule has 4 rings (SSSR count). The molecule has 1 aromatic heterocycles. The molecule has 2 heterocycles. The largest absolute Gasteiger partial charge is 0.457 e. The number of H-pyrrole nitrogens is 1. The minimum absolute atomic E-state index is 0.153. The summed E-state index contributed by atoms with van der Waals surface area (Å²) in [7, 11) is -2.91. The lowest BCUT2D eigenvalue weighted by molar-refractivity contribution is -0.154. The molecule has 0 amide bonds. The van der Waals surface area contributed by atoms with Crippen molar-refractivity contribution in [2.24, 2.45) is 5.92 Å². The van der Waals surface area contributed by atoms with Gasteiger partial charge in [-0.05, 0) is 21.8 Å². The van der Waals surface area contributed by atoms with E-state index in [2.05, 4.69) is 45.0 Å². The lowest BCUT2D eigenvalue weighted by Gasteiger charge is -2.43. The third kappa shape index (κ3) is 5.54. The van der Waals surface area contributed by atoms with Crippen LogP contribution in [0.15, 0.2) is 76.4 Å². The average Bonchev–Trinajstić information content (AvgIpc) is 3.23. The zero-order valence-electron chi connectivity index (χ0n) is 22.8. The SMILES string of the molecule is CC[C@H]1[C@@H](OC(C)=O)[C@H](n2cc(F)c(=O)[nH]c2=O)O[C@@H]1CO[Si](c1ccccc1)(c1ccccc1)C(C)(C)C. The van der Waals surface area contributed by atoms with Crippen LogP contribution in [0.5, 0.6) is 0 Å². The second-order valence-electron chi connectivity index (χ2n) is 10.8. The predicted molar refractivity (Wildman–Crippen MR) is 148 cm³/mol. The Bertz CT molecular complexity index is 1360. The summed E-state index contributed by atoms with van der Waals surface area (Å²) < 4.78 is 34.1. The molecule has 208 valence electrons. The average molecular weight is 555 g/mol. The van der Waals surface area contributed by atoms with Crippen molar-refractivity contribution in [1.29, 1.82) is 0 Å². The minimum atomic E-state index is -2.91. The van der Waals surface area contributed by atoms with E-state index >= 15 is 0 Å². The van der Waals surface area contributed by atoms with Crippen LogP contribution in [0, 0.1) is 11.7 Å². The smallest absolute Gasteiger partial charge is 0.330 e. The molecule has 1 fully saturated rings. The zero-order valence-corrected chi connectivity index (χ0v) is 23.8. The molecule has 2 aromatic carbocycles. The molecule has 3 aromatic rings. The summed E-state index contributed by atoms with van der Waals surface area (Å²) in [6.07, 6.45) is -1.26. The van der Waals surface area contributed by atoms with Gasteiger partial charge in [-0.25, -0.2) is 4.79 Å². The van der Waals surface area contributed by atoms with E-state index in [0.717, 1.165) is 21.1 Å². The van der Waals surface area contributed by atoms with Gasteiger partial charge in [-0.1, -0.05) is 88.4 Å². The minimum Gasteiger partial charge on any atom is -0.457 e. The van der Waals surface area contributed by atoms with E-state index in [9.17, 15) is 18.8 Å². The number of hydrogen-bond donors (Lipinski definition) is 1. The molecule has 8 nitrogen and oxygen atoms in total. The molecule has 10 heteroatoms. The van der Waals surface area contributed by atoms with Crippen LogP contribution >= 0.6 is 0 Å². The summed E-state index contributed by atoms with van der Waals surface area (Å²) in [5.74, 6) is -2.04. The third-order valence-electron chi connectivity index (χ3n) is 7.35.